The molecule has 0 aliphatic carbocycles. The number of amides is 1. The van der Waals surface area contributed by atoms with E-state index in [1.807, 2.05) is 67.5 Å². The molecule has 3 aromatic rings. The van der Waals surface area contributed by atoms with E-state index in [-0.39, 0.29) is 5.91 Å². The lowest BCUT2D eigenvalue weighted by Crippen LogP contribution is -2.32. The molecule has 1 amide bonds. The number of nitrogens with one attached hydrogen (secondary N) is 1. The summed E-state index contributed by atoms with van der Waals surface area (Å²) in [6.45, 7) is 0.454. The molecule has 0 fully saturated rings. The van der Waals surface area contributed by atoms with Crippen molar-refractivity contribution in [1.29, 1.82) is 0 Å². The van der Waals surface area contributed by atoms with Crippen molar-refractivity contribution in [1.82, 2.24) is 9.88 Å². The summed E-state index contributed by atoms with van der Waals surface area (Å²) in [5.74, 6) is 1.40. The summed E-state index contributed by atoms with van der Waals surface area (Å²) in [7, 11) is 8.09. The number of nitrogens with zero attached hydrogens (tertiary/aromatic N) is 2. The monoisotopic (exact) mass is 447 g/mol. The van der Waals surface area contributed by atoms with E-state index < -0.39 is 6.04 Å². The Morgan fingerprint density at radius 3 is 2.31 bits per heavy atom. The zero-order valence-electron chi connectivity index (χ0n) is 16.2. The second-order valence-corrected chi connectivity index (χ2v) is 9.16. The molecule has 0 aliphatic rings. The minimum Gasteiger partial charge on any atom is -0.497 e. The topological polar surface area (TPSA) is 63.7 Å². The van der Waals surface area contributed by atoms with Gasteiger partial charge in [0.25, 0.3) is 0 Å². The lowest BCUT2D eigenvalue weighted by Gasteiger charge is -2.23. The summed E-state index contributed by atoms with van der Waals surface area (Å²) in [5.41, 5.74) is 1.91. The van der Waals surface area contributed by atoms with Gasteiger partial charge < -0.3 is 9.47 Å². The van der Waals surface area contributed by atoms with E-state index in [4.69, 9.17) is 21.7 Å². The van der Waals surface area contributed by atoms with E-state index in [0.717, 1.165) is 22.6 Å². The van der Waals surface area contributed by atoms with E-state index in [2.05, 4.69) is 10.3 Å². The summed E-state index contributed by atoms with van der Waals surface area (Å²) in [6.07, 6.45) is 0. The summed E-state index contributed by atoms with van der Waals surface area (Å²) in [5, 5.41) is 3.37. The van der Waals surface area contributed by atoms with Crippen molar-refractivity contribution in [3.8, 4) is 11.5 Å². The number of likely N-dealkylation sites (N-methyl/N-ethyl adjacent to an activating group) is 1. The van der Waals surface area contributed by atoms with Gasteiger partial charge in [0.1, 0.15) is 24.1 Å². The Balaban J connectivity index is 1.65. The Morgan fingerprint density at radius 1 is 1.10 bits per heavy atom. The van der Waals surface area contributed by atoms with Gasteiger partial charge in [0.05, 0.1) is 7.11 Å². The van der Waals surface area contributed by atoms with Crippen molar-refractivity contribution in [3.05, 3.63) is 63.6 Å². The van der Waals surface area contributed by atoms with Crippen molar-refractivity contribution >= 4 is 43.9 Å². The maximum atomic E-state index is 12.8. The fourth-order valence-electron chi connectivity index (χ4n) is 2.74. The lowest BCUT2D eigenvalue weighted by atomic mass is 10.1. The number of anilines is 1. The van der Waals surface area contributed by atoms with Gasteiger partial charge >= 0.3 is 0 Å². The van der Waals surface area contributed by atoms with Crippen LogP contribution in [0.15, 0.2) is 48.5 Å². The van der Waals surface area contributed by atoms with Gasteiger partial charge in [-0.15, -0.1) is 0 Å². The quantitative estimate of drug-likeness (QED) is 0.397. The minimum absolute atomic E-state index is 0.154. The van der Waals surface area contributed by atoms with E-state index in [9.17, 15) is 4.79 Å². The van der Waals surface area contributed by atoms with E-state index >= 15 is 0 Å². The molecule has 0 saturated carbocycles. The number of hydrogen-bond acceptors (Lipinski definition) is 8. The third-order valence-corrected chi connectivity index (χ3v) is 6.66. The molecular formula is C20H21N3O3S3. The van der Waals surface area contributed by atoms with Crippen LogP contribution < -0.4 is 14.8 Å². The van der Waals surface area contributed by atoms with Crippen molar-refractivity contribution in [3.63, 3.8) is 0 Å². The molecule has 1 heterocycles. The number of methoxy groups -OCH3 is 1. The second-order valence-electron chi connectivity index (χ2n) is 6.41. The molecule has 0 bridgehead atoms. The average molecular weight is 448 g/mol. The third-order valence-electron chi connectivity index (χ3n) is 4.14. The first-order valence-electron chi connectivity index (χ1n) is 8.76. The Hall–Kier alpha value is -2.33. The van der Waals surface area contributed by atoms with Gasteiger partial charge in [-0.3, -0.25) is 15.0 Å². The Bertz CT molecular complexity index is 998. The molecule has 1 unspecified atom stereocenters. The standard InChI is InChI=1S/C20H21N3O3S3/c1-23(2)17(18(24)21-19-22-20(27)29-28-19)14-6-10-16(11-7-14)26-12-13-4-8-15(25-3)9-5-13/h4-11,17H,12H2,1-3H3,(H,21,22,24,27). The number of rotatable bonds is 8. The van der Waals surface area contributed by atoms with Crippen LogP contribution in [-0.4, -0.2) is 37.0 Å². The zero-order valence-corrected chi connectivity index (χ0v) is 18.7. The molecule has 0 spiro atoms. The van der Waals surface area contributed by atoms with Crippen LogP contribution in [0.3, 0.4) is 0 Å². The average Bonchev–Trinajstić information content (AvgIpc) is 3.12. The molecule has 9 heteroatoms. The van der Waals surface area contributed by atoms with Gasteiger partial charge in [-0.25, -0.2) is 0 Å². The highest BCUT2D eigenvalue weighted by Gasteiger charge is 2.23. The van der Waals surface area contributed by atoms with Gasteiger partial charge in [-0.1, -0.05) is 24.3 Å². The van der Waals surface area contributed by atoms with Gasteiger partial charge in [-0.2, -0.15) is 4.98 Å². The molecule has 1 aromatic heterocycles. The van der Waals surface area contributed by atoms with Gasteiger partial charge in [0.15, 0.2) is 3.95 Å². The number of ether oxygens (including phenoxy) is 2. The summed E-state index contributed by atoms with van der Waals surface area (Å²) >= 11 is 5.02. The molecule has 29 heavy (non-hydrogen) atoms. The Morgan fingerprint density at radius 2 is 1.76 bits per heavy atom. The fourth-order valence-corrected chi connectivity index (χ4v) is 4.60. The van der Waals surface area contributed by atoms with Gasteiger partial charge in [0, 0.05) is 0 Å². The van der Waals surface area contributed by atoms with Crippen LogP contribution in [0.2, 0.25) is 0 Å². The largest absolute Gasteiger partial charge is 0.497 e. The van der Waals surface area contributed by atoms with Crippen LogP contribution in [0.1, 0.15) is 17.2 Å². The predicted molar refractivity (Wildman–Crippen MR) is 120 cm³/mol. The van der Waals surface area contributed by atoms with Crippen LogP contribution in [0, 0.1) is 3.95 Å². The van der Waals surface area contributed by atoms with Crippen LogP contribution in [0.25, 0.3) is 0 Å². The van der Waals surface area contributed by atoms with Crippen LogP contribution >= 0.6 is 32.9 Å². The molecule has 6 nitrogen and oxygen atoms in total. The van der Waals surface area contributed by atoms with Crippen LogP contribution in [0.5, 0.6) is 11.5 Å². The molecule has 1 N–H and O–H groups in total. The molecular weight excluding hydrogens is 426 g/mol. The smallest absolute Gasteiger partial charge is 0.248 e. The highest BCUT2D eigenvalue weighted by molar-refractivity contribution is 7.79. The van der Waals surface area contributed by atoms with Crippen molar-refractivity contribution in [2.24, 2.45) is 0 Å². The van der Waals surface area contributed by atoms with E-state index in [0.29, 0.717) is 15.7 Å². The summed E-state index contributed by atoms with van der Waals surface area (Å²) < 4.78 is 11.5. The first kappa shape index (κ1) is 21.4. The summed E-state index contributed by atoms with van der Waals surface area (Å²) in [4.78, 5) is 18.7. The number of aromatic nitrogens is 1. The van der Waals surface area contributed by atoms with Crippen molar-refractivity contribution < 1.29 is 14.3 Å². The maximum absolute atomic E-state index is 12.8. The predicted octanol–water partition coefficient (Wildman–Crippen LogP) is 4.76. The fraction of sp³-hybridized carbons (Fsp3) is 0.250. The van der Waals surface area contributed by atoms with E-state index in [1.54, 1.807) is 7.11 Å². The van der Waals surface area contributed by atoms with Gasteiger partial charge in [0.2, 0.25) is 11.0 Å². The Labute approximate surface area is 182 Å². The molecule has 1 atom stereocenters. The third kappa shape index (κ3) is 5.83. The first-order chi connectivity index (χ1) is 14.0. The SMILES string of the molecule is COc1ccc(COc2ccc(C(C(=O)Nc3nc(=S)ss3)N(C)C)cc2)cc1. The van der Waals surface area contributed by atoms with Crippen LogP contribution in [0.4, 0.5) is 5.13 Å². The van der Waals surface area contributed by atoms with Crippen molar-refractivity contribution in [2.75, 3.05) is 26.5 Å². The molecule has 0 aliphatic heterocycles. The zero-order chi connectivity index (χ0) is 20.8. The van der Waals surface area contributed by atoms with Gasteiger partial charge in [-0.05, 0) is 82.4 Å². The maximum Gasteiger partial charge on any atom is 0.248 e. The highest BCUT2D eigenvalue weighted by atomic mass is 32.9. The Kier molecular flexibility index (Phi) is 7.32. The molecule has 0 saturated heterocycles. The molecule has 152 valence electrons. The first-order valence-corrected chi connectivity index (χ1v) is 11.3. The number of carbonyl (C=O) groups is 1. The second kappa shape index (κ2) is 9.93. The number of hydrogen-bond donors (Lipinski definition) is 1. The number of carbonyl (C=O) groups excluding carboxylic acids is 1. The van der Waals surface area contributed by atoms with Crippen LogP contribution in [-0.2, 0) is 11.4 Å². The summed E-state index contributed by atoms with van der Waals surface area (Å²) in [6, 6.07) is 14.8. The lowest BCUT2D eigenvalue weighted by molar-refractivity contribution is -0.120. The van der Waals surface area contributed by atoms with Crippen molar-refractivity contribution in [2.45, 2.75) is 12.6 Å². The highest BCUT2D eigenvalue weighted by Crippen LogP contribution is 2.25. The number of benzene rings is 2. The molecule has 3 rings (SSSR count). The minimum atomic E-state index is -0.451. The molecule has 0 radical (unpaired) electrons. The molecule has 2 aromatic carbocycles. The van der Waals surface area contributed by atoms with E-state index in [1.165, 1.54) is 20.7 Å². The normalized spacial score (nSPS) is 11.9.